The Labute approximate surface area is 122 Å². The highest BCUT2D eigenvalue weighted by Gasteiger charge is 2.12. The van der Waals surface area contributed by atoms with Crippen molar-refractivity contribution in [3.8, 4) is 11.5 Å². The van der Waals surface area contributed by atoms with E-state index < -0.39 is 5.82 Å². The van der Waals surface area contributed by atoms with Crippen LogP contribution in [0.3, 0.4) is 0 Å². The van der Waals surface area contributed by atoms with Gasteiger partial charge in [0.25, 0.3) is 0 Å². The van der Waals surface area contributed by atoms with E-state index in [-0.39, 0.29) is 18.0 Å². The summed E-state index contributed by atoms with van der Waals surface area (Å²) in [6.45, 7) is 0. The van der Waals surface area contributed by atoms with E-state index in [2.05, 4.69) is 5.32 Å². The van der Waals surface area contributed by atoms with Gasteiger partial charge in [-0.15, -0.1) is 0 Å². The highest BCUT2D eigenvalue weighted by molar-refractivity contribution is 5.92. The van der Waals surface area contributed by atoms with Crippen LogP contribution in [0.5, 0.6) is 11.5 Å². The van der Waals surface area contributed by atoms with Gasteiger partial charge < -0.3 is 14.8 Å². The Kier molecular flexibility index (Phi) is 4.77. The third kappa shape index (κ3) is 3.72. The highest BCUT2D eigenvalue weighted by Crippen LogP contribution is 2.24. The summed E-state index contributed by atoms with van der Waals surface area (Å²) in [7, 11) is 3.07. The average molecular weight is 289 g/mol. The minimum absolute atomic E-state index is 0.0642. The van der Waals surface area contributed by atoms with Crippen molar-refractivity contribution < 1.29 is 18.7 Å². The third-order valence-electron chi connectivity index (χ3n) is 2.99. The summed E-state index contributed by atoms with van der Waals surface area (Å²) in [5.74, 6) is 0.416. The Hall–Kier alpha value is -2.56. The number of benzene rings is 2. The quantitative estimate of drug-likeness (QED) is 0.920. The molecule has 1 N–H and O–H groups in total. The van der Waals surface area contributed by atoms with Crippen LogP contribution in [0.15, 0.2) is 42.5 Å². The van der Waals surface area contributed by atoms with Crippen LogP contribution in [0.1, 0.15) is 5.56 Å². The first-order chi connectivity index (χ1) is 10.1. The van der Waals surface area contributed by atoms with Gasteiger partial charge in [-0.3, -0.25) is 4.79 Å². The van der Waals surface area contributed by atoms with Gasteiger partial charge in [0.1, 0.15) is 17.3 Å². The van der Waals surface area contributed by atoms with Gasteiger partial charge in [0.05, 0.1) is 26.3 Å². The van der Waals surface area contributed by atoms with Gasteiger partial charge in [0, 0.05) is 5.56 Å². The van der Waals surface area contributed by atoms with Gasteiger partial charge in [-0.2, -0.15) is 0 Å². The van der Waals surface area contributed by atoms with Crippen molar-refractivity contribution in [2.45, 2.75) is 6.42 Å². The van der Waals surface area contributed by atoms with Gasteiger partial charge in [-0.05, 0) is 30.3 Å². The number of hydrogen-bond acceptors (Lipinski definition) is 3. The zero-order valence-corrected chi connectivity index (χ0v) is 11.9. The third-order valence-corrected chi connectivity index (χ3v) is 2.99. The molecule has 0 bridgehead atoms. The van der Waals surface area contributed by atoms with E-state index in [1.54, 1.807) is 37.4 Å². The molecule has 0 aliphatic rings. The fraction of sp³-hybridized carbons (Fsp3) is 0.188. The van der Waals surface area contributed by atoms with Crippen molar-refractivity contribution in [1.29, 1.82) is 0 Å². The van der Waals surface area contributed by atoms with Crippen LogP contribution in [-0.4, -0.2) is 20.1 Å². The molecule has 0 radical (unpaired) electrons. The number of para-hydroxylation sites is 1. The summed E-state index contributed by atoms with van der Waals surface area (Å²) >= 11 is 0. The molecule has 0 saturated carbocycles. The average Bonchev–Trinajstić information content (AvgIpc) is 2.49. The molecule has 110 valence electrons. The maximum Gasteiger partial charge on any atom is 0.229 e. The van der Waals surface area contributed by atoms with Gasteiger partial charge >= 0.3 is 0 Å². The number of carbonyl (C=O) groups is 1. The molecule has 0 aromatic heterocycles. The number of rotatable bonds is 5. The Bertz CT molecular complexity index is 643. The number of hydrogen-bond donors (Lipinski definition) is 1. The lowest BCUT2D eigenvalue weighted by Crippen LogP contribution is -2.15. The van der Waals surface area contributed by atoms with Crippen molar-refractivity contribution in [3.05, 3.63) is 53.8 Å². The topological polar surface area (TPSA) is 47.6 Å². The van der Waals surface area contributed by atoms with Crippen molar-refractivity contribution in [3.63, 3.8) is 0 Å². The summed E-state index contributed by atoms with van der Waals surface area (Å²) in [4.78, 5) is 12.0. The number of carbonyl (C=O) groups excluding carboxylic acids is 1. The fourth-order valence-electron chi connectivity index (χ4n) is 1.95. The Morgan fingerprint density at radius 1 is 1.14 bits per heavy atom. The molecule has 0 heterocycles. The minimum Gasteiger partial charge on any atom is -0.497 e. The number of ether oxygens (including phenoxy) is 2. The second-order valence-corrected chi connectivity index (χ2v) is 4.38. The lowest BCUT2D eigenvalue weighted by Gasteiger charge is -2.11. The first-order valence-corrected chi connectivity index (χ1v) is 6.39. The lowest BCUT2D eigenvalue weighted by atomic mass is 10.1. The number of methoxy groups -OCH3 is 2. The van der Waals surface area contributed by atoms with Crippen molar-refractivity contribution >= 4 is 11.6 Å². The molecule has 21 heavy (non-hydrogen) atoms. The van der Waals surface area contributed by atoms with Crippen LogP contribution < -0.4 is 14.8 Å². The van der Waals surface area contributed by atoms with E-state index in [4.69, 9.17) is 9.47 Å². The zero-order chi connectivity index (χ0) is 15.2. The summed E-state index contributed by atoms with van der Waals surface area (Å²) in [5.41, 5.74) is 0.829. The molecule has 0 aliphatic carbocycles. The van der Waals surface area contributed by atoms with Crippen LogP contribution >= 0.6 is 0 Å². The predicted octanol–water partition coefficient (Wildman–Crippen LogP) is 3.02. The molecule has 2 aromatic carbocycles. The molecular formula is C16H16FNO3. The predicted molar refractivity (Wildman–Crippen MR) is 78.3 cm³/mol. The monoisotopic (exact) mass is 289 g/mol. The van der Waals surface area contributed by atoms with Crippen molar-refractivity contribution in [2.24, 2.45) is 0 Å². The zero-order valence-electron chi connectivity index (χ0n) is 11.9. The molecule has 0 saturated heterocycles. The first-order valence-electron chi connectivity index (χ1n) is 6.39. The molecule has 2 rings (SSSR count). The fourth-order valence-corrected chi connectivity index (χ4v) is 1.95. The number of nitrogens with one attached hydrogen (secondary N) is 1. The van der Waals surface area contributed by atoms with Crippen LogP contribution in [0, 0.1) is 5.82 Å². The maximum absolute atomic E-state index is 13.5. The maximum atomic E-state index is 13.5. The van der Waals surface area contributed by atoms with Crippen LogP contribution in [-0.2, 0) is 11.2 Å². The van der Waals surface area contributed by atoms with E-state index in [9.17, 15) is 9.18 Å². The Balaban J connectivity index is 2.14. The standard InChI is InChI=1S/C16H16FNO3/c1-20-12-7-8-15(21-2)11(9-12)10-16(19)18-14-6-4-3-5-13(14)17/h3-9H,10H2,1-2H3,(H,18,19). The molecule has 0 aliphatic heterocycles. The summed E-state index contributed by atoms with van der Waals surface area (Å²) in [5, 5.41) is 2.54. The molecule has 0 fully saturated rings. The second kappa shape index (κ2) is 6.74. The largest absolute Gasteiger partial charge is 0.497 e. The SMILES string of the molecule is COc1ccc(OC)c(CC(=O)Nc2ccccc2F)c1. The van der Waals surface area contributed by atoms with E-state index >= 15 is 0 Å². The van der Waals surface area contributed by atoms with Crippen LogP contribution in [0.25, 0.3) is 0 Å². The number of halogens is 1. The smallest absolute Gasteiger partial charge is 0.229 e. The molecule has 1 amide bonds. The summed E-state index contributed by atoms with van der Waals surface area (Å²) in [6, 6.07) is 11.2. The Morgan fingerprint density at radius 3 is 2.57 bits per heavy atom. The molecule has 0 atom stereocenters. The minimum atomic E-state index is -0.469. The van der Waals surface area contributed by atoms with E-state index in [0.717, 1.165) is 0 Å². The van der Waals surface area contributed by atoms with Crippen molar-refractivity contribution in [2.75, 3.05) is 19.5 Å². The van der Waals surface area contributed by atoms with Gasteiger partial charge in [0.15, 0.2) is 0 Å². The van der Waals surface area contributed by atoms with Gasteiger partial charge in [-0.25, -0.2) is 4.39 Å². The summed E-state index contributed by atoms with van der Waals surface area (Å²) < 4.78 is 23.8. The molecule has 0 spiro atoms. The molecule has 2 aromatic rings. The summed E-state index contributed by atoms with van der Waals surface area (Å²) in [6.07, 6.45) is 0.0642. The van der Waals surface area contributed by atoms with Gasteiger partial charge in [0.2, 0.25) is 5.91 Å². The van der Waals surface area contributed by atoms with Crippen LogP contribution in [0.4, 0.5) is 10.1 Å². The van der Waals surface area contributed by atoms with Gasteiger partial charge in [-0.1, -0.05) is 12.1 Å². The lowest BCUT2D eigenvalue weighted by molar-refractivity contribution is -0.115. The number of anilines is 1. The van der Waals surface area contributed by atoms with E-state index in [0.29, 0.717) is 17.1 Å². The first kappa shape index (κ1) is 14.8. The molecule has 0 unspecified atom stereocenters. The molecule has 4 nitrogen and oxygen atoms in total. The van der Waals surface area contributed by atoms with Crippen molar-refractivity contribution in [1.82, 2.24) is 0 Å². The van der Waals surface area contributed by atoms with E-state index in [1.807, 2.05) is 0 Å². The molecule has 5 heteroatoms. The highest BCUT2D eigenvalue weighted by atomic mass is 19.1. The molecular weight excluding hydrogens is 273 g/mol. The second-order valence-electron chi connectivity index (χ2n) is 4.38. The Morgan fingerprint density at radius 2 is 1.90 bits per heavy atom. The normalized spacial score (nSPS) is 10.0. The van der Waals surface area contributed by atoms with Crippen LogP contribution in [0.2, 0.25) is 0 Å². The number of amides is 1. The van der Waals surface area contributed by atoms with E-state index in [1.165, 1.54) is 19.2 Å².